The lowest BCUT2D eigenvalue weighted by Crippen LogP contribution is -2.43. The van der Waals surface area contributed by atoms with Gasteiger partial charge >= 0.3 is 6.09 Å². The molecular weight excluding hydrogens is 220 g/mol. The van der Waals surface area contributed by atoms with E-state index in [-0.39, 0.29) is 24.3 Å². The molecule has 0 saturated heterocycles. The zero-order chi connectivity index (χ0) is 13.1. The van der Waals surface area contributed by atoms with Gasteiger partial charge in [-0.3, -0.25) is 4.79 Å². The van der Waals surface area contributed by atoms with Crippen LogP contribution in [0.5, 0.6) is 0 Å². The van der Waals surface area contributed by atoms with Crippen LogP contribution in [0.15, 0.2) is 0 Å². The highest BCUT2D eigenvalue weighted by Crippen LogP contribution is 2.26. The van der Waals surface area contributed by atoms with Crippen molar-refractivity contribution in [3.05, 3.63) is 0 Å². The normalized spacial score (nSPS) is 24.5. The van der Waals surface area contributed by atoms with E-state index in [4.69, 9.17) is 10.5 Å². The molecule has 5 nitrogen and oxygen atoms in total. The van der Waals surface area contributed by atoms with Crippen molar-refractivity contribution in [1.82, 2.24) is 5.32 Å². The molecule has 0 aromatic carbocycles. The molecule has 1 aliphatic rings. The Labute approximate surface area is 102 Å². The topological polar surface area (TPSA) is 81.4 Å². The average Bonchev–Trinajstić information content (AvgIpc) is 2.61. The minimum absolute atomic E-state index is 0.0172. The number of carbonyl (C=O) groups is 2. The van der Waals surface area contributed by atoms with Crippen LogP contribution in [0.2, 0.25) is 0 Å². The summed E-state index contributed by atoms with van der Waals surface area (Å²) in [5.41, 5.74) is 4.84. The van der Waals surface area contributed by atoms with E-state index in [1.807, 2.05) is 20.8 Å². The molecule has 1 rings (SSSR count). The SMILES string of the molecule is CC(C)(C)OC(=O)N[C@@H]1CCC[C@H]1C(=O)CN. The summed E-state index contributed by atoms with van der Waals surface area (Å²) in [5, 5.41) is 2.76. The molecule has 1 fully saturated rings. The van der Waals surface area contributed by atoms with E-state index in [9.17, 15) is 9.59 Å². The highest BCUT2D eigenvalue weighted by molar-refractivity contribution is 5.84. The summed E-state index contributed by atoms with van der Waals surface area (Å²) in [5.74, 6) is -0.129. The van der Waals surface area contributed by atoms with Gasteiger partial charge in [-0.2, -0.15) is 0 Å². The molecule has 0 aliphatic heterocycles. The number of carbonyl (C=O) groups excluding carboxylic acids is 2. The van der Waals surface area contributed by atoms with E-state index in [2.05, 4.69) is 5.32 Å². The molecule has 0 aromatic heterocycles. The quantitative estimate of drug-likeness (QED) is 0.779. The molecule has 1 saturated carbocycles. The number of amides is 1. The van der Waals surface area contributed by atoms with Gasteiger partial charge in [0.1, 0.15) is 5.60 Å². The molecule has 5 heteroatoms. The fourth-order valence-electron chi connectivity index (χ4n) is 2.13. The largest absolute Gasteiger partial charge is 0.444 e. The molecule has 2 atom stereocenters. The number of nitrogens with one attached hydrogen (secondary N) is 1. The van der Waals surface area contributed by atoms with Crippen molar-refractivity contribution >= 4 is 11.9 Å². The summed E-state index contributed by atoms with van der Waals surface area (Å²) in [6, 6.07) is -0.124. The lowest BCUT2D eigenvalue weighted by atomic mass is 9.98. The van der Waals surface area contributed by atoms with Crippen LogP contribution in [0.4, 0.5) is 4.79 Å². The molecule has 0 bridgehead atoms. The molecule has 0 spiro atoms. The Kier molecular flexibility index (Phi) is 4.51. The summed E-state index contributed by atoms with van der Waals surface area (Å²) >= 11 is 0. The molecule has 0 aromatic rings. The van der Waals surface area contributed by atoms with Crippen LogP contribution in [0.25, 0.3) is 0 Å². The van der Waals surface area contributed by atoms with E-state index in [0.29, 0.717) is 0 Å². The first-order valence-electron chi connectivity index (χ1n) is 6.06. The van der Waals surface area contributed by atoms with Crippen LogP contribution >= 0.6 is 0 Å². The summed E-state index contributed by atoms with van der Waals surface area (Å²) in [6.07, 6.45) is 2.10. The van der Waals surface area contributed by atoms with Gasteiger partial charge in [0.2, 0.25) is 0 Å². The summed E-state index contributed by atoms with van der Waals surface area (Å²) in [4.78, 5) is 23.2. The second-order valence-corrected chi connectivity index (χ2v) is 5.46. The lowest BCUT2D eigenvalue weighted by molar-refractivity contribution is -0.121. The lowest BCUT2D eigenvalue weighted by Gasteiger charge is -2.24. The Morgan fingerprint density at radius 2 is 2.00 bits per heavy atom. The van der Waals surface area contributed by atoms with Crippen LogP contribution in [-0.2, 0) is 9.53 Å². The number of hydrogen-bond acceptors (Lipinski definition) is 4. The van der Waals surface area contributed by atoms with Crippen LogP contribution in [0.3, 0.4) is 0 Å². The number of alkyl carbamates (subject to hydrolysis) is 1. The van der Waals surface area contributed by atoms with Crippen molar-refractivity contribution < 1.29 is 14.3 Å². The Balaban J connectivity index is 2.50. The third kappa shape index (κ3) is 4.34. The Bertz CT molecular complexity index is 297. The monoisotopic (exact) mass is 242 g/mol. The zero-order valence-electron chi connectivity index (χ0n) is 10.8. The Hall–Kier alpha value is -1.10. The fourth-order valence-corrected chi connectivity index (χ4v) is 2.13. The van der Waals surface area contributed by atoms with Gasteiger partial charge in [-0.15, -0.1) is 0 Å². The molecular formula is C12H22N2O3. The number of rotatable bonds is 3. The molecule has 98 valence electrons. The first-order valence-corrected chi connectivity index (χ1v) is 6.06. The average molecular weight is 242 g/mol. The minimum atomic E-state index is -0.518. The van der Waals surface area contributed by atoms with Crippen LogP contribution < -0.4 is 11.1 Å². The van der Waals surface area contributed by atoms with Crippen molar-refractivity contribution in [2.45, 2.75) is 51.7 Å². The van der Waals surface area contributed by atoms with Gasteiger partial charge in [-0.1, -0.05) is 6.42 Å². The third-order valence-electron chi connectivity index (χ3n) is 2.83. The molecule has 0 heterocycles. The smallest absolute Gasteiger partial charge is 0.407 e. The van der Waals surface area contributed by atoms with Gasteiger partial charge in [0.05, 0.1) is 6.54 Å². The Morgan fingerprint density at radius 3 is 2.53 bits per heavy atom. The molecule has 0 unspecified atom stereocenters. The van der Waals surface area contributed by atoms with Crippen LogP contribution in [0.1, 0.15) is 40.0 Å². The first kappa shape index (κ1) is 14.0. The number of ketones is 1. The second-order valence-electron chi connectivity index (χ2n) is 5.46. The van der Waals surface area contributed by atoms with Gasteiger partial charge < -0.3 is 15.8 Å². The predicted molar refractivity (Wildman–Crippen MR) is 64.6 cm³/mol. The van der Waals surface area contributed by atoms with Crippen molar-refractivity contribution in [2.75, 3.05) is 6.54 Å². The van der Waals surface area contributed by atoms with Crippen molar-refractivity contribution in [3.63, 3.8) is 0 Å². The summed E-state index contributed by atoms with van der Waals surface area (Å²) < 4.78 is 5.17. The number of nitrogens with two attached hydrogens (primary N) is 1. The van der Waals surface area contributed by atoms with Gasteiger partial charge in [-0.25, -0.2) is 4.79 Å². The highest BCUT2D eigenvalue weighted by Gasteiger charge is 2.33. The standard InChI is InChI=1S/C12H22N2O3/c1-12(2,3)17-11(16)14-9-6-4-5-8(9)10(15)7-13/h8-9H,4-7,13H2,1-3H3,(H,14,16)/t8-,9-/m1/s1. The van der Waals surface area contributed by atoms with Gasteiger partial charge in [-0.05, 0) is 33.6 Å². The Morgan fingerprint density at radius 1 is 1.35 bits per heavy atom. The van der Waals surface area contributed by atoms with Crippen molar-refractivity contribution in [2.24, 2.45) is 11.7 Å². The third-order valence-corrected chi connectivity index (χ3v) is 2.83. The zero-order valence-corrected chi connectivity index (χ0v) is 10.8. The number of Topliss-reactive ketones (excluding diaryl/α,β-unsaturated/α-hetero) is 1. The number of hydrogen-bond donors (Lipinski definition) is 2. The van der Waals surface area contributed by atoms with E-state index in [1.54, 1.807) is 0 Å². The van der Waals surface area contributed by atoms with Crippen molar-refractivity contribution in [3.8, 4) is 0 Å². The molecule has 3 N–H and O–H groups in total. The second kappa shape index (κ2) is 5.49. The molecule has 1 amide bonds. The van der Waals surface area contributed by atoms with E-state index < -0.39 is 11.7 Å². The van der Waals surface area contributed by atoms with E-state index in [1.165, 1.54) is 0 Å². The summed E-state index contributed by atoms with van der Waals surface area (Å²) in [6.45, 7) is 5.47. The first-order chi connectivity index (χ1) is 7.83. The minimum Gasteiger partial charge on any atom is -0.444 e. The maximum atomic E-state index is 11.6. The van der Waals surface area contributed by atoms with Gasteiger partial charge in [0, 0.05) is 12.0 Å². The van der Waals surface area contributed by atoms with Gasteiger partial charge in [0.15, 0.2) is 5.78 Å². The maximum Gasteiger partial charge on any atom is 0.407 e. The van der Waals surface area contributed by atoms with E-state index in [0.717, 1.165) is 19.3 Å². The predicted octanol–water partition coefficient (Wildman–Crippen LogP) is 1.21. The number of ether oxygens (including phenoxy) is 1. The van der Waals surface area contributed by atoms with Crippen LogP contribution in [0, 0.1) is 5.92 Å². The molecule has 1 aliphatic carbocycles. The van der Waals surface area contributed by atoms with Crippen LogP contribution in [-0.4, -0.2) is 30.1 Å². The maximum absolute atomic E-state index is 11.6. The van der Waals surface area contributed by atoms with Crippen molar-refractivity contribution in [1.29, 1.82) is 0 Å². The van der Waals surface area contributed by atoms with E-state index >= 15 is 0 Å². The highest BCUT2D eigenvalue weighted by atomic mass is 16.6. The van der Waals surface area contributed by atoms with Gasteiger partial charge in [0.25, 0.3) is 0 Å². The summed E-state index contributed by atoms with van der Waals surface area (Å²) in [7, 11) is 0. The molecule has 0 radical (unpaired) electrons. The fraction of sp³-hybridized carbons (Fsp3) is 0.833. The molecule has 17 heavy (non-hydrogen) atoms.